The monoisotopic (exact) mass is 328 g/mol. The van der Waals surface area contributed by atoms with Crippen LogP contribution in [-0.4, -0.2) is 25.2 Å². The molecule has 1 aliphatic carbocycles. The van der Waals surface area contributed by atoms with E-state index in [-0.39, 0.29) is 19.0 Å². The largest absolute Gasteiger partial charge is 0.376 e. The molecule has 0 bridgehead atoms. The summed E-state index contributed by atoms with van der Waals surface area (Å²) in [5.41, 5.74) is 2.08. The highest BCUT2D eigenvalue weighted by molar-refractivity contribution is 5.92. The lowest BCUT2D eigenvalue weighted by atomic mass is 9.71. The fourth-order valence-electron chi connectivity index (χ4n) is 2.88. The maximum absolute atomic E-state index is 13.8. The smallest absolute Gasteiger partial charge is 0.173 e. The molecule has 0 radical (unpaired) electrons. The summed E-state index contributed by atoms with van der Waals surface area (Å²) in [5.74, 6) is -1.17. The molecule has 0 unspecified atom stereocenters. The van der Waals surface area contributed by atoms with Crippen molar-refractivity contribution in [3.8, 4) is 0 Å². The van der Waals surface area contributed by atoms with Gasteiger partial charge in [0.2, 0.25) is 0 Å². The van der Waals surface area contributed by atoms with Crippen molar-refractivity contribution in [3.63, 3.8) is 0 Å². The molecule has 0 spiro atoms. The summed E-state index contributed by atoms with van der Waals surface area (Å²) in [6.45, 7) is 1.34. The standard InChI is InChI=1S/C20H21FO3/c21-19-17(13-23-11-15-7-3-1-4-8-15)18(20(19)22)14-24-12-16-9-5-2-6-10-16/h1-10,17-19H,11-14H2/t17-,18-,19+/m0/s1. The van der Waals surface area contributed by atoms with Crippen molar-refractivity contribution >= 4 is 5.78 Å². The van der Waals surface area contributed by atoms with Crippen molar-refractivity contribution in [3.05, 3.63) is 71.8 Å². The van der Waals surface area contributed by atoms with E-state index < -0.39 is 18.0 Å². The minimum Gasteiger partial charge on any atom is -0.376 e. The van der Waals surface area contributed by atoms with E-state index in [0.29, 0.717) is 13.2 Å². The van der Waals surface area contributed by atoms with Crippen LogP contribution in [0.5, 0.6) is 0 Å². The maximum atomic E-state index is 13.8. The molecule has 3 nitrogen and oxygen atoms in total. The Kier molecular flexibility index (Phi) is 5.72. The number of ether oxygens (including phenoxy) is 2. The molecule has 0 amide bonds. The molecule has 0 saturated heterocycles. The van der Waals surface area contributed by atoms with Gasteiger partial charge in [-0.25, -0.2) is 4.39 Å². The van der Waals surface area contributed by atoms with Gasteiger partial charge in [0, 0.05) is 5.92 Å². The van der Waals surface area contributed by atoms with Gasteiger partial charge >= 0.3 is 0 Å². The predicted octanol–water partition coefficient (Wildman–Crippen LogP) is 3.57. The van der Waals surface area contributed by atoms with Crippen LogP contribution in [0.15, 0.2) is 60.7 Å². The summed E-state index contributed by atoms with van der Waals surface area (Å²) in [5, 5.41) is 0. The van der Waals surface area contributed by atoms with Crippen LogP contribution in [0.2, 0.25) is 0 Å². The fraction of sp³-hybridized carbons (Fsp3) is 0.350. The maximum Gasteiger partial charge on any atom is 0.173 e. The van der Waals surface area contributed by atoms with Crippen LogP contribution in [0, 0.1) is 11.8 Å². The van der Waals surface area contributed by atoms with Crippen LogP contribution in [0.3, 0.4) is 0 Å². The normalized spacial score (nSPS) is 23.0. The first-order chi connectivity index (χ1) is 11.8. The highest BCUT2D eigenvalue weighted by atomic mass is 19.1. The molecule has 0 heterocycles. The number of halogens is 1. The first-order valence-corrected chi connectivity index (χ1v) is 8.17. The average Bonchev–Trinajstić information content (AvgIpc) is 2.64. The summed E-state index contributed by atoms with van der Waals surface area (Å²) < 4.78 is 25.0. The van der Waals surface area contributed by atoms with E-state index in [1.807, 2.05) is 60.7 Å². The van der Waals surface area contributed by atoms with Gasteiger partial charge in [-0.15, -0.1) is 0 Å². The van der Waals surface area contributed by atoms with Crippen LogP contribution >= 0.6 is 0 Å². The van der Waals surface area contributed by atoms with E-state index in [0.717, 1.165) is 11.1 Å². The molecule has 0 N–H and O–H groups in total. The Hall–Kier alpha value is -2.04. The molecule has 24 heavy (non-hydrogen) atoms. The molecule has 1 saturated carbocycles. The van der Waals surface area contributed by atoms with Gasteiger partial charge < -0.3 is 9.47 Å². The molecule has 4 heteroatoms. The van der Waals surface area contributed by atoms with Gasteiger partial charge in [-0.05, 0) is 11.1 Å². The zero-order valence-corrected chi connectivity index (χ0v) is 13.4. The van der Waals surface area contributed by atoms with E-state index in [4.69, 9.17) is 9.47 Å². The molecule has 1 fully saturated rings. The molecule has 0 aliphatic heterocycles. The van der Waals surface area contributed by atoms with Gasteiger partial charge in [-0.2, -0.15) is 0 Å². The number of Topliss-reactive ketones (excluding diaryl/α,β-unsaturated/α-hetero) is 1. The SMILES string of the molecule is O=C1[C@@H](COCc2ccccc2)[C@H](COCc2ccccc2)[C@H]1F. The van der Waals surface area contributed by atoms with Crippen molar-refractivity contribution in [1.82, 2.24) is 0 Å². The quantitative estimate of drug-likeness (QED) is 0.743. The van der Waals surface area contributed by atoms with Gasteiger partial charge in [-0.1, -0.05) is 60.7 Å². The van der Waals surface area contributed by atoms with Gasteiger partial charge in [0.05, 0.1) is 32.3 Å². The second-order valence-corrected chi connectivity index (χ2v) is 6.08. The van der Waals surface area contributed by atoms with Crippen LogP contribution in [0.1, 0.15) is 11.1 Å². The van der Waals surface area contributed by atoms with E-state index in [1.165, 1.54) is 0 Å². The first-order valence-electron chi connectivity index (χ1n) is 8.17. The lowest BCUT2D eigenvalue weighted by Crippen LogP contribution is -2.53. The van der Waals surface area contributed by atoms with Crippen molar-refractivity contribution in [2.75, 3.05) is 13.2 Å². The summed E-state index contributed by atoms with van der Waals surface area (Å²) in [6, 6.07) is 19.4. The topological polar surface area (TPSA) is 35.5 Å². The van der Waals surface area contributed by atoms with Crippen LogP contribution in [-0.2, 0) is 27.5 Å². The van der Waals surface area contributed by atoms with Crippen molar-refractivity contribution in [2.24, 2.45) is 11.8 Å². The van der Waals surface area contributed by atoms with Crippen LogP contribution < -0.4 is 0 Å². The lowest BCUT2D eigenvalue weighted by Gasteiger charge is -2.37. The Morgan fingerprint density at radius 2 is 1.29 bits per heavy atom. The van der Waals surface area contributed by atoms with E-state index in [2.05, 4.69) is 0 Å². The summed E-state index contributed by atoms with van der Waals surface area (Å²) in [6.07, 6.45) is -1.42. The number of carbonyl (C=O) groups is 1. The Morgan fingerprint density at radius 1 is 0.792 bits per heavy atom. The second kappa shape index (κ2) is 8.18. The number of alkyl halides is 1. The van der Waals surface area contributed by atoms with Crippen molar-refractivity contribution in [1.29, 1.82) is 0 Å². The minimum absolute atomic E-state index is 0.237. The third kappa shape index (κ3) is 4.08. The van der Waals surface area contributed by atoms with Gasteiger partial charge in [0.1, 0.15) is 0 Å². The zero-order chi connectivity index (χ0) is 16.8. The Morgan fingerprint density at radius 3 is 1.83 bits per heavy atom. The number of carbonyl (C=O) groups excluding carboxylic acids is 1. The molecule has 2 aromatic rings. The van der Waals surface area contributed by atoms with Crippen molar-refractivity contribution in [2.45, 2.75) is 19.4 Å². The zero-order valence-electron chi connectivity index (χ0n) is 13.4. The summed E-state index contributed by atoms with van der Waals surface area (Å²) >= 11 is 0. The number of hydrogen-bond donors (Lipinski definition) is 0. The van der Waals surface area contributed by atoms with Gasteiger partial charge in [0.15, 0.2) is 12.0 Å². The summed E-state index contributed by atoms with van der Waals surface area (Å²) in [4.78, 5) is 11.7. The fourth-order valence-corrected chi connectivity index (χ4v) is 2.88. The number of hydrogen-bond acceptors (Lipinski definition) is 3. The number of rotatable bonds is 8. The highest BCUT2D eigenvalue weighted by Gasteiger charge is 2.50. The minimum atomic E-state index is -1.42. The first kappa shape index (κ1) is 16.8. The molecule has 2 aromatic carbocycles. The van der Waals surface area contributed by atoms with E-state index in [9.17, 15) is 9.18 Å². The Labute approximate surface area is 141 Å². The number of benzene rings is 2. The molecular weight excluding hydrogens is 307 g/mol. The summed E-state index contributed by atoms with van der Waals surface area (Å²) in [7, 11) is 0. The average molecular weight is 328 g/mol. The van der Waals surface area contributed by atoms with Crippen molar-refractivity contribution < 1.29 is 18.7 Å². The van der Waals surface area contributed by atoms with E-state index >= 15 is 0 Å². The van der Waals surface area contributed by atoms with Crippen LogP contribution in [0.25, 0.3) is 0 Å². The Balaban J connectivity index is 1.43. The Bertz CT molecular complexity index is 644. The second-order valence-electron chi connectivity index (χ2n) is 6.08. The van der Waals surface area contributed by atoms with E-state index in [1.54, 1.807) is 0 Å². The molecule has 126 valence electrons. The molecule has 3 rings (SSSR count). The highest BCUT2D eigenvalue weighted by Crippen LogP contribution is 2.34. The van der Waals surface area contributed by atoms with Crippen LogP contribution in [0.4, 0.5) is 4.39 Å². The van der Waals surface area contributed by atoms with Gasteiger partial charge in [0.25, 0.3) is 0 Å². The molecular formula is C20H21FO3. The predicted molar refractivity (Wildman–Crippen MR) is 89.1 cm³/mol. The van der Waals surface area contributed by atoms with Gasteiger partial charge in [-0.3, -0.25) is 4.79 Å². The molecule has 1 aliphatic rings. The number of ketones is 1. The molecule has 0 aromatic heterocycles. The molecule has 3 atom stereocenters. The third-order valence-electron chi connectivity index (χ3n) is 4.36. The lowest BCUT2D eigenvalue weighted by molar-refractivity contribution is -0.154. The third-order valence-corrected chi connectivity index (χ3v) is 4.36.